The van der Waals surface area contributed by atoms with Crippen LogP contribution in [0.25, 0.3) is 11.1 Å². The van der Waals surface area contributed by atoms with E-state index in [2.05, 4.69) is 52.5 Å². The van der Waals surface area contributed by atoms with Crippen molar-refractivity contribution in [3.63, 3.8) is 0 Å². The summed E-state index contributed by atoms with van der Waals surface area (Å²) >= 11 is 0. The maximum Gasteiger partial charge on any atom is 0.471 e. The summed E-state index contributed by atoms with van der Waals surface area (Å²) in [6.07, 6.45) is -0.438. The summed E-state index contributed by atoms with van der Waals surface area (Å²) in [5.41, 5.74) is 6.76. The van der Waals surface area contributed by atoms with Crippen molar-refractivity contribution in [1.82, 2.24) is 10.3 Å². The molecule has 0 spiro atoms. The Morgan fingerprint density at radius 1 is 1.00 bits per heavy atom. The number of amides is 1. The van der Waals surface area contributed by atoms with Crippen LogP contribution in [0.1, 0.15) is 48.4 Å². The Morgan fingerprint density at radius 3 is 2.45 bits per heavy atom. The fourth-order valence-corrected chi connectivity index (χ4v) is 5.21. The first kappa shape index (κ1) is 21.5. The highest BCUT2D eigenvalue weighted by Gasteiger charge is 2.42. The number of halogens is 3. The molecule has 1 N–H and O–H groups in total. The monoisotopic (exact) mass is 451 g/mol. The summed E-state index contributed by atoms with van der Waals surface area (Å²) in [7, 11) is 0. The summed E-state index contributed by atoms with van der Waals surface area (Å²) in [5, 5.41) is 2.21. The average molecular weight is 451 g/mol. The number of hydrogen-bond donors (Lipinski definition) is 1. The van der Waals surface area contributed by atoms with Gasteiger partial charge in [0.1, 0.15) is 0 Å². The van der Waals surface area contributed by atoms with E-state index < -0.39 is 18.1 Å². The number of aromatic nitrogens is 1. The number of anilines is 1. The molecule has 0 radical (unpaired) electrons. The van der Waals surface area contributed by atoms with Gasteiger partial charge >= 0.3 is 12.1 Å². The molecule has 2 aliphatic rings. The molecule has 1 fully saturated rings. The molecule has 3 aromatic rings. The van der Waals surface area contributed by atoms with Gasteiger partial charge in [0.2, 0.25) is 0 Å². The number of carbonyl (C=O) groups is 1. The van der Waals surface area contributed by atoms with Crippen LogP contribution in [0.15, 0.2) is 67.0 Å². The van der Waals surface area contributed by atoms with Crippen molar-refractivity contribution in [2.45, 2.75) is 43.9 Å². The minimum absolute atomic E-state index is 0.107. The molecule has 0 aliphatic carbocycles. The van der Waals surface area contributed by atoms with Crippen LogP contribution in [-0.4, -0.2) is 29.7 Å². The molecule has 0 unspecified atom stereocenters. The van der Waals surface area contributed by atoms with Gasteiger partial charge in [0.15, 0.2) is 0 Å². The maximum absolute atomic E-state index is 12.8. The van der Waals surface area contributed by atoms with Gasteiger partial charge in [0, 0.05) is 36.6 Å². The van der Waals surface area contributed by atoms with Gasteiger partial charge in [-0.1, -0.05) is 37.3 Å². The predicted octanol–water partition coefficient (Wildman–Crippen LogP) is 5.60. The zero-order valence-electron chi connectivity index (χ0n) is 18.1. The van der Waals surface area contributed by atoms with E-state index >= 15 is 0 Å². The molecule has 2 aliphatic heterocycles. The van der Waals surface area contributed by atoms with Crippen LogP contribution >= 0.6 is 0 Å². The second kappa shape index (κ2) is 8.21. The minimum atomic E-state index is -4.87. The van der Waals surface area contributed by atoms with E-state index in [4.69, 9.17) is 0 Å². The molecular weight excluding hydrogens is 427 g/mol. The van der Waals surface area contributed by atoms with E-state index in [9.17, 15) is 18.0 Å². The largest absolute Gasteiger partial charge is 0.471 e. The molecule has 5 rings (SSSR count). The summed E-state index contributed by atoms with van der Waals surface area (Å²) < 4.78 is 38.5. The number of piperidine rings is 1. The molecule has 1 amide bonds. The zero-order chi connectivity index (χ0) is 23.2. The summed E-state index contributed by atoms with van der Waals surface area (Å²) in [6.45, 7) is 2.74. The Kier molecular flexibility index (Phi) is 5.35. The van der Waals surface area contributed by atoms with Crippen LogP contribution in [-0.2, 0) is 4.79 Å². The lowest BCUT2D eigenvalue weighted by molar-refractivity contribution is -0.174. The molecule has 170 valence electrons. The van der Waals surface area contributed by atoms with Gasteiger partial charge in [0.05, 0.1) is 6.04 Å². The average Bonchev–Trinajstić information content (AvgIpc) is 2.92. The van der Waals surface area contributed by atoms with Gasteiger partial charge in [-0.3, -0.25) is 9.78 Å². The van der Waals surface area contributed by atoms with Gasteiger partial charge in [-0.15, -0.1) is 0 Å². The highest BCUT2D eigenvalue weighted by molar-refractivity contribution is 5.82. The van der Waals surface area contributed by atoms with Crippen molar-refractivity contribution in [2.24, 2.45) is 0 Å². The van der Waals surface area contributed by atoms with Crippen LogP contribution in [0, 0.1) is 0 Å². The Balaban J connectivity index is 1.55. The number of alkyl halides is 3. The highest BCUT2D eigenvalue weighted by atomic mass is 19.4. The van der Waals surface area contributed by atoms with E-state index in [1.54, 1.807) is 12.4 Å². The number of nitrogens with zero attached hydrogens (tertiary/aromatic N) is 2. The Labute approximate surface area is 190 Å². The molecule has 1 aromatic heterocycles. The van der Waals surface area contributed by atoms with Gasteiger partial charge < -0.3 is 10.2 Å². The second-order valence-corrected chi connectivity index (χ2v) is 8.76. The summed E-state index contributed by atoms with van der Waals surface area (Å²) in [5.74, 6) is -1.74. The quantitative estimate of drug-likeness (QED) is 0.552. The van der Waals surface area contributed by atoms with Crippen LogP contribution in [0.3, 0.4) is 0 Å². The first-order valence-electron chi connectivity index (χ1n) is 11.1. The molecule has 2 aromatic carbocycles. The first-order chi connectivity index (χ1) is 15.8. The van der Waals surface area contributed by atoms with Gasteiger partial charge in [0.25, 0.3) is 0 Å². The second-order valence-electron chi connectivity index (χ2n) is 8.76. The Bertz CT molecular complexity index is 1180. The third-order valence-corrected chi connectivity index (χ3v) is 6.83. The van der Waals surface area contributed by atoms with Crippen LogP contribution in [0.2, 0.25) is 0 Å². The molecule has 0 bridgehead atoms. The summed E-state index contributed by atoms with van der Waals surface area (Å²) in [4.78, 5) is 18.0. The number of benzene rings is 2. The van der Waals surface area contributed by atoms with Crippen LogP contribution in [0.5, 0.6) is 0 Å². The number of hydrogen-bond acceptors (Lipinski definition) is 3. The number of fused-ring (bicyclic) bond motifs is 5. The Hall–Kier alpha value is -3.35. The van der Waals surface area contributed by atoms with Crippen molar-refractivity contribution in [2.75, 3.05) is 11.4 Å². The van der Waals surface area contributed by atoms with E-state index in [1.165, 1.54) is 11.1 Å². The topological polar surface area (TPSA) is 45.2 Å². The lowest BCUT2D eigenvalue weighted by atomic mass is 9.85. The van der Waals surface area contributed by atoms with E-state index in [-0.39, 0.29) is 12.0 Å². The first-order valence-corrected chi connectivity index (χ1v) is 11.1. The molecule has 7 heteroatoms. The van der Waals surface area contributed by atoms with Gasteiger partial charge in [-0.25, -0.2) is 0 Å². The lowest BCUT2D eigenvalue weighted by Gasteiger charge is -2.41. The standard InChI is InChI=1S/C26H24F3N3O/c1-16-20-4-2-3-5-21(20)24-15-19(31-25(33)26(27,28)29)10-13-32(24)23-7-6-18(14-22(16)23)17-8-11-30-12-9-17/h2-9,11-12,14,16,19,24H,10,13,15H2,1H3,(H,31,33)/t16-,19-,24-/m1/s1. The fraction of sp³-hybridized carbons (Fsp3) is 0.308. The van der Waals surface area contributed by atoms with Crippen LogP contribution in [0.4, 0.5) is 18.9 Å². The molecule has 4 nitrogen and oxygen atoms in total. The fourth-order valence-electron chi connectivity index (χ4n) is 5.21. The number of rotatable bonds is 2. The smallest absolute Gasteiger partial charge is 0.364 e. The minimum Gasteiger partial charge on any atom is -0.364 e. The number of nitrogens with one attached hydrogen (secondary N) is 1. The lowest BCUT2D eigenvalue weighted by Crippen LogP contribution is -2.49. The van der Waals surface area contributed by atoms with E-state index in [0.717, 1.165) is 22.4 Å². The van der Waals surface area contributed by atoms with E-state index in [1.807, 2.05) is 24.3 Å². The van der Waals surface area contributed by atoms with Crippen molar-refractivity contribution < 1.29 is 18.0 Å². The zero-order valence-corrected chi connectivity index (χ0v) is 18.1. The van der Waals surface area contributed by atoms with Crippen molar-refractivity contribution in [3.05, 3.63) is 83.7 Å². The molecule has 0 saturated carbocycles. The van der Waals surface area contributed by atoms with Crippen molar-refractivity contribution in [1.29, 1.82) is 0 Å². The van der Waals surface area contributed by atoms with Crippen molar-refractivity contribution >= 4 is 11.6 Å². The molecule has 3 heterocycles. The third kappa shape index (κ3) is 3.96. The molecule has 3 atom stereocenters. The van der Waals surface area contributed by atoms with Gasteiger partial charge in [-0.2, -0.15) is 13.2 Å². The Morgan fingerprint density at radius 2 is 1.73 bits per heavy atom. The SMILES string of the molecule is C[C@@H]1c2ccccc2[C@H]2C[C@H](NC(=O)C(F)(F)F)CCN2c2ccc(-c3ccncc3)cc21. The van der Waals surface area contributed by atoms with Gasteiger partial charge in [-0.05, 0) is 64.9 Å². The molecule has 1 saturated heterocycles. The highest BCUT2D eigenvalue weighted by Crippen LogP contribution is 2.47. The predicted molar refractivity (Wildman–Crippen MR) is 121 cm³/mol. The number of carbonyl (C=O) groups excluding carboxylic acids is 1. The maximum atomic E-state index is 12.8. The number of pyridine rings is 1. The molecule has 33 heavy (non-hydrogen) atoms. The van der Waals surface area contributed by atoms with E-state index in [0.29, 0.717) is 19.4 Å². The normalized spacial score (nSPS) is 21.9. The summed E-state index contributed by atoms with van der Waals surface area (Å²) in [6, 6.07) is 17.9. The third-order valence-electron chi connectivity index (χ3n) is 6.83. The van der Waals surface area contributed by atoms with Crippen molar-refractivity contribution in [3.8, 4) is 11.1 Å². The molecular formula is C26H24F3N3O. The van der Waals surface area contributed by atoms with Crippen LogP contribution < -0.4 is 10.2 Å².